The highest BCUT2D eigenvalue weighted by Crippen LogP contribution is 2.50. The lowest BCUT2D eigenvalue weighted by Crippen LogP contribution is -2.54. The van der Waals surface area contributed by atoms with Crippen LogP contribution in [0.1, 0.15) is 43.2 Å². The van der Waals surface area contributed by atoms with Crippen LogP contribution in [-0.4, -0.2) is 22.8 Å². The summed E-state index contributed by atoms with van der Waals surface area (Å²) in [5.41, 5.74) is -2.08. The first-order chi connectivity index (χ1) is 16.2. The van der Waals surface area contributed by atoms with Crippen LogP contribution in [0.5, 0.6) is 0 Å². The second-order valence-electron chi connectivity index (χ2n) is 8.26. The third-order valence-corrected chi connectivity index (χ3v) is 6.82. The number of rotatable bonds is 3. The molecule has 2 aromatic carbocycles. The fourth-order valence-corrected chi connectivity index (χ4v) is 5.13. The van der Waals surface area contributed by atoms with Gasteiger partial charge in [-0.1, -0.05) is 66.0 Å². The van der Waals surface area contributed by atoms with Crippen LogP contribution >= 0.6 is 23.2 Å². The highest BCUT2D eigenvalue weighted by molar-refractivity contribution is 6.32. The molecule has 1 atom stereocenters. The number of benzene rings is 2. The van der Waals surface area contributed by atoms with Crippen LogP contribution in [0.2, 0.25) is 10.0 Å². The number of alkyl halides is 3. The standard InChI is InChI=1S/C25H20Cl2F3N3O/c26-21-12-6-4-10-18(21)24(19-11-5-7-13-22(19)27)14-20(25(28,29)30)17(15-31)23(34)33(24)32-16-8-2-1-3-9-16/h4-7,10-14,17H,1-3,8-9H2. The first kappa shape index (κ1) is 24.3. The number of hydrogen-bond donors (Lipinski definition) is 0. The van der Waals surface area contributed by atoms with Crippen molar-refractivity contribution in [3.63, 3.8) is 0 Å². The van der Waals surface area contributed by atoms with Crippen LogP contribution in [0.25, 0.3) is 0 Å². The van der Waals surface area contributed by atoms with E-state index in [1.165, 1.54) is 18.2 Å². The fourth-order valence-electron chi connectivity index (χ4n) is 4.57. The molecule has 1 aliphatic heterocycles. The molecule has 1 aliphatic carbocycles. The van der Waals surface area contributed by atoms with Gasteiger partial charge in [-0.15, -0.1) is 0 Å². The van der Waals surface area contributed by atoms with Crippen LogP contribution < -0.4 is 0 Å². The predicted octanol–water partition coefficient (Wildman–Crippen LogP) is 7.03. The van der Waals surface area contributed by atoms with E-state index in [9.17, 15) is 23.2 Å². The predicted molar refractivity (Wildman–Crippen MR) is 124 cm³/mol. The molecule has 1 unspecified atom stereocenters. The average Bonchev–Trinajstić information content (AvgIpc) is 2.81. The number of nitriles is 1. The highest BCUT2D eigenvalue weighted by Gasteiger charge is 2.56. The van der Waals surface area contributed by atoms with E-state index in [0.717, 1.165) is 30.3 Å². The lowest BCUT2D eigenvalue weighted by Gasteiger charge is -2.45. The summed E-state index contributed by atoms with van der Waals surface area (Å²) < 4.78 is 42.7. The number of halogens is 5. The van der Waals surface area contributed by atoms with Crippen molar-refractivity contribution >= 4 is 34.8 Å². The molecule has 0 spiro atoms. The molecule has 176 valence electrons. The SMILES string of the molecule is N#CC1C(=O)N(N=C2CCCCC2)C(c2ccccc2Cl)(c2ccccc2Cl)C=C1C(F)(F)F. The molecule has 2 aliphatic rings. The Bertz CT molecular complexity index is 1160. The normalized spacial score (nSPS) is 20.5. The van der Waals surface area contributed by atoms with Gasteiger partial charge in [-0.2, -0.15) is 23.5 Å². The van der Waals surface area contributed by atoms with Gasteiger partial charge >= 0.3 is 6.18 Å². The molecule has 1 heterocycles. The van der Waals surface area contributed by atoms with Gasteiger partial charge in [-0.3, -0.25) is 4.79 Å². The Morgan fingerprint density at radius 1 is 0.971 bits per heavy atom. The van der Waals surface area contributed by atoms with E-state index in [4.69, 9.17) is 23.2 Å². The van der Waals surface area contributed by atoms with E-state index in [0.29, 0.717) is 18.6 Å². The first-order valence-electron chi connectivity index (χ1n) is 10.8. The lowest BCUT2D eigenvalue weighted by atomic mass is 9.75. The number of hydrazone groups is 1. The highest BCUT2D eigenvalue weighted by atomic mass is 35.5. The summed E-state index contributed by atoms with van der Waals surface area (Å²) in [6, 6.07) is 14.2. The zero-order valence-corrected chi connectivity index (χ0v) is 19.5. The summed E-state index contributed by atoms with van der Waals surface area (Å²) in [7, 11) is 0. The number of carbonyl (C=O) groups excluding carboxylic acids is 1. The van der Waals surface area contributed by atoms with Crippen LogP contribution in [-0.2, 0) is 10.3 Å². The maximum Gasteiger partial charge on any atom is 0.414 e. The van der Waals surface area contributed by atoms with Gasteiger partial charge in [0, 0.05) is 26.9 Å². The lowest BCUT2D eigenvalue weighted by molar-refractivity contribution is -0.145. The van der Waals surface area contributed by atoms with Crippen molar-refractivity contribution in [2.75, 3.05) is 0 Å². The summed E-state index contributed by atoms with van der Waals surface area (Å²) in [6.45, 7) is 0. The Kier molecular flexibility index (Phi) is 6.75. The summed E-state index contributed by atoms with van der Waals surface area (Å²) in [5, 5.41) is 15.5. The molecule has 0 N–H and O–H groups in total. The van der Waals surface area contributed by atoms with E-state index < -0.39 is 29.1 Å². The van der Waals surface area contributed by atoms with E-state index >= 15 is 0 Å². The van der Waals surface area contributed by atoms with Gasteiger partial charge in [0.2, 0.25) is 0 Å². The van der Waals surface area contributed by atoms with Gasteiger partial charge in [-0.25, -0.2) is 5.01 Å². The van der Waals surface area contributed by atoms with E-state index in [1.807, 2.05) is 0 Å². The van der Waals surface area contributed by atoms with Crippen LogP contribution in [0.4, 0.5) is 13.2 Å². The van der Waals surface area contributed by atoms with Crippen LogP contribution in [0.3, 0.4) is 0 Å². The molecular formula is C25H20Cl2F3N3O. The van der Waals surface area contributed by atoms with Crippen molar-refractivity contribution in [2.45, 2.75) is 43.8 Å². The Morgan fingerprint density at radius 2 is 1.50 bits per heavy atom. The first-order valence-corrected chi connectivity index (χ1v) is 11.6. The third-order valence-electron chi connectivity index (χ3n) is 6.16. The maximum atomic E-state index is 14.2. The molecule has 34 heavy (non-hydrogen) atoms. The number of hydrogen-bond acceptors (Lipinski definition) is 3. The molecule has 1 fully saturated rings. The molecule has 4 rings (SSSR count). The quantitative estimate of drug-likeness (QED) is 0.420. The summed E-state index contributed by atoms with van der Waals surface area (Å²) in [4.78, 5) is 13.6. The Balaban J connectivity index is 2.14. The van der Waals surface area contributed by atoms with Crippen molar-refractivity contribution in [3.8, 4) is 6.07 Å². The topological polar surface area (TPSA) is 56.5 Å². The molecule has 2 aromatic rings. The van der Waals surface area contributed by atoms with Crippen LogP contribution in [0.15, 0.2) is 65.3 Å². The zero-order valence-electron chi connectivity index (χ0n) is 17.9. The van der Waals surface area contributed by atoms with Gasteiger partial charge in [0.25, 0.3) is 5.91 Å². The van der Waals surface area contributed by atoms with Gasteiger partial charge < -0.3 is 0 Å². The molecular weight excluding hydrogens is 486 g/mol. The Morgan fingerprint density at radius 3 is 1.97 bits per heavy atom. The largest absolute Gasteiger partial charge is 0.414 e. The van der Waals surface area contributed by atoms with E-state index in [-0.39, 0.29) is 21.2 Å². The van der Waals surface area contributed by atoms with Gasteiger partial charge in [0.15, 0.2) is 5.92 Å². The second-order valence-corrected chi connectivity index (χ2v) is 9.08. The molecule has 9 heteroatoms. The van der Waals surface area contributed by atoms with Crippen molar-refractivity contribution in [3.05, 3.63) is 81.4 Å². The molecule has 0 radical (unpaired) electrons. The average molecular weight is 506 g/mol. The van der Waals surface area contributed by atoms with Crippen molar-refractivity contribution in [2.24, 2.45) is 11.0 Å². The molecule has 0 aromatic heterocycles. The van der Waals surface area contributed by atoms with Crippen molar-refractivity contribution in [1.82, 2.24) is 5.01 Å². The number of amides is 1. The van der Waals surface area contributed by atoms with Gasteiger partial charge in [0.1, 0.15) is 5.54 Å². The fraction of sp³-hybridized carbons (Fsp3) is 0.320. The minimum Gasteiger partial charge on any atom is -0.271 e. The Hall–Kier alpha value is -2.82. The minimum absolute atomic E-state index is 0.136. The van der Waals surface area contributed by atoms with E-state index in [1.54, 1.807) is 36.4 Å². The monoisotopic (exact) mass is 505 g/mol. The number of nitrogens with zero attached hydrogens (tertiary/aromatic N) is 3. The van der Waals surface area contributed by atoms with Gasteiger partial charge in [0.05, 0.1) is 11.6 Å². The Labute approximate surface area is 205 Å². The number of carbonyl (C=O) groups is 1. The zero-order chi connectivity index (χ0) is 24.5. The summed E-state index contributed by atoms with van der Waals surface area (Å²) in [5.74, 6) is -3.14. The van der Waals surface area contributed by atoms with E-state index in [2.05, 4.69) is 5.10 Å². The summed E-state index contributed by atoms with van der Waals surface area (Å²) in [6.07, 6.45) is -0.109. The van der Waals surface area contributed by atoms with Gasteiger partial charge in [-0.05, 0) is 43.9 Å². The smallest absolute Gasteiger partial charge is 0.271 e. The minimum atomic E-state index is -4.94. The molecule has 0 bridgehead atoms. The molecule has 0 saturated heterocycles. The third kappa shape index (κ3) is 4.21. The van der Waals surface area contributed by atoms with Crippen molar-refractivity contribution < 1.29 is 18.0 Å². The maximum absolute atomic E-state index is 14.2. The molecule has 1 saturated carbocycles. The summed E-state index contributed by atoms with van der Waals surface area (Å²) >= 11 is 13.1. The van der Waals surface area contributed by atoms with Crippen molar-refractivity contribution in [1.29, 1.82) is 5.26 Å². The second kappa shape index (κ2) is 9.44. The molecule has 1 amide bonds. The van der Waals surface area contributed by atoms with Crippen LogP contribution in [0, 0.1) is 17.2 Å². The molecule has 4 nitrogen and oxygen atoms in total.